The van der Waals surface area contributed by atoms with E-state index in [9.17, 15) is 4.79 Å². The van der Waals surface area contributed by atoms with Gasteiger partial charge < -0.3 is 10.1 Å². The third-order valence-electron chi connectivity index (χ3n) is 5.47. The number of benzene rings is 1. The Hall–Kier alpha value is -3.22. The molecule has 7 nitrogen and oxygen atoms in total. The maximum absolute atomic E-state index is 12.2. The zero-order valence-corrected chi connectivity index (χ0v) is 17.5. The van der Waals surface area contributed by atoms with Crippen LogP contribution in [-0.2, 0) is 4.79 Å². The summed E-state index contributed by atoms with van der Waals surface area (Å²) in [7, 11) is 0. The van der Waals surface area contributed by atoms with Gasteiger partial charge in [0.1, 0.15) is 5.75 Å². The number of hydrogen-bond acceptors (Lipinski definition) is 5. The average Bonchev–Trinajstić information content (AvgIpc) is 3.38. The van der Waals surface area contributed by atoms with E-state index in [2.05, 4.69) is 20.6 Å². The predicted molar refractivity (Wildman–Crippen MR) is 115 cm³/mol. The summed E-state index contributed by atoms with van der Waals surface area (Å²) in [4.78, 5) is 12.2. The number of aryl methyl sites for hydroxylation is 2. The number of aromatic nitrogens is 4. The Bertz CT molecular complexity index is 989. The van der Waals surface area contributed by atoms with Gasteiger partial charge in [-0.2, -0.15) is 5.10 Å². The number of nitrogens with one attached hydrogen (secondary N) is 1. The predicted octanol–water partition coefficient (Wildman–Crippen LogP) is 4.98. The van der Waals surface area contributed by atoms with Gasteiger partial charge in [-0.3, -0.25) is 4.79 Å². The fourth-order valence-electron chi connectivity index (χ4n) is 3.93. The molecule has 0 spiro atoms. The molecule has 0 unspecified atom stereocenters. The van der Waals surface area contributed by atoms with Crippen LogP contribution in [0.4, 0.5) is 5.69 Å². The molecule has 1 N–H and O–H groups in total. The molecule has 2 aromatic heterocycles. The smallest absolute Gasteiger partial charge is 0.238 e. The second-order valence-electron chi connectivity index (χ2n) is 7.93. The average molecular weight is 406 g/mol. The molecule has 4 rings (SSSR count). The first-order chi connectivity index (χ1) is 14.6. The van der Waals surface area contributed by atoms with Crippen LogP contribution in [0.1, 0.15) is 49.9 Å². The number of carbonyl (C=O) groups is 1. The number of amides is 1. The second-order valence-corrected chi connectivity index (χ2v) is 7.93. The number of rotatable bonds is 7. The Morgan fingerprint density at radius 2 is 1.87 bits per heavy atom. The van der Waals surface area contributed by atoms with Gasteiger partial charge in [0.2, 0.25) is 11.8 Å². The van der Waals surface area contributed by atoms with Gasteiger partial charge in [-0.15, -0.1) is 10.2 Å². The number of nitrogens with zero attached hydrogens (tertiary/aromatic N) is 4. The maximum atomic E-state index is 12.2. The van der Waals surface area contributed by atoms with Gasteiger partial charge in [-0.25, -0.2) is 4.68 Å². The highest BCUT2D eigenvalue weighted by Crippen LogP contribution is 2.28. The standard InChI is InChI=1S/C23H27N5O2/c1-16-15-17(2)28(27-16)21-12-14-23(26-25-21)30-20-10-8-19(9-11-20)24-22(29)13-7-18-5-3-4-6-18/h8-12,14-15,18H,3-7,13H2,1-2H3,(H,24,29). The summed E-state index contributed by atoms with van der Waals surface area (Å²) in [5.41, 5.74) is 2.70. The largest absolute Gasteiger partial charge is 0.438 e. The first kappa shape index (κ1) is 20.1. The van der Waals surface area contributed by atoms with Crippen LogP contribution in [0, 0.1) is 19.8 Å². The van der Waals surface area contributed by atoms with Crippen LogP contribution in [0.25, 0.3) is 5.82 Å². The molecule has 1 aromatic carbocycles. The van der Waals surface area contributed by atoms with Gasteiger partial charge in [-0.1, -0.05) is 25.7 Å². The van der Waals surface area contributed by atoms with E-state index in [4.69, 9.17) is 4.74 Å². The normalized spacial score (nSPS) is 14.1. The highest BCUT2D eigenvalue weighted by molar-refractivity contribution is 5.90. The molecule has 0 aliphatic heterocycles. The fourth-order valence-corrected chi connectivity index (χ4v) is 3.93. The summed E-state index contributed by atoms with van der Waals surface area (Å²) < 4.78 is 7.51. The van der Waals surface area contributed by atoms with Crippen LogP contribution < -0.4 is 10.1 Å². The van der Waals surface area contributed by atoms with Gasteiger partial charge in [0.25, 0.3) is 0 Å². The Morgan fingerprint density at radius 1 is 1.10 bits per heavy atom. The summed E-state index contributed by atoms with van der Waals surface area (Å²) in [5.74, 6) is 2.46. The lowest BCUT2D eigenvalue weighted by atomic mass is 10.0. The molecule has 1 fully saturated rings. The van der Waals surface area contributed by atoms with E-state index in [1.165, 1.54) is 25.7 Å². The van der Waals surface area contributed by atoms with E-state index < -0.39 is 0 Å². The van der Waals surface area contributed by atoms with E-state index in [0.29, 0.717) is 23.9 Å². The molecule has 0 saturated heterocycles. The van der Waals surface area contributed by atoms with E-state index in [-0.39, 0.29) is 5.91 Å². The number of hydrogen-bond donors (Lipinski definition) is 1. The molecule has 0 bridgehead atoms. The fraction of sp³-hybridized carbons (Fsp3) is 0.391. The van der Waals surface area contributed by atoms with Gasteiger partial charge in [0, 0.05) is 23.9 Å². The SMILES string of the molecule is Cc1cc(C)n(-c2ccc(Oc3ccc(NC(=O)CCC4CCCC4)cc3)nn2)n1. The van der Waals surface area contributed by atoms with Crippen LogP contribution in [0.5, 0.6) is 11.6 Å². The van der Waals surface area contributed by atoms with Gasteiger partial charge in [0.15, 0.2) is 5.82 Å². The van der Waals surface area contributed by atoms with Crippen molar-refractivity contribution in [3.05, 3.63) is 53.9 Å². The zero-order chi connectivity index (χ0) is 20.9. The van der Waals surface area contributed by atoms with E-state index in [1.807, 2.05) is 50.2 Å². The molecule has 0 atom stereocenters. The number of ether oxygens (including phenoxy) is 1. The highest BCUT2D eigenvalue weighted by atomic mass is 16.5. The van der Waals surface area contributed by atoms with Crippen LogP contribution in [-0.4, -0.2) is 25.9 Å². The van der Waals surface area contributed by atoms with Crippen LogP contribution in [0.2, 0.25) is 0 Å². The molecule has 1 amide bonds. The van der Waals surface area contributed by atoms with Crippen molar-refractivity contribution in [3.63, 3.8) is 0 Å². The lowest BCUT2D eigenvalue weighted by molar-refractivity contribution is -0.116. The minimum Gasteiger partial charge on any atom is -0.438 e. The van der Waals surface area contributed by atoms with E-state index >= 15 is 0 Å². The van der Waals surface area contributed by atoms with Crippen molar-refractivity contribution in [1.29, 1.82) is 0 Å². The van der Waals surface area contributed by atoms with Crippen molar-refractivity contribution < 1.29 is 9.53 Å². The Kier molecular flexibility index (Phi) is 6.07. The van der Waals surface area contributed by atoms with Crippen LogP contribution >= 0.6 is 0 Å². The summed E-state index contributed by atoms with van der Waals surface area (Å²) in [6.07, 6.45) is 6.72. The molecular formula is C23H27N5O2. The molecule has 2 heterocycles. The van der Waals surface area contributed by atoms with Crippen molar-refractivity contribution in [2.24, 2.45) is 5.92 Å². The monoisotopic (exact) mass is 405 g/mol. The quantitative estimate of drug-likeness (QED) is 0.599. The summed E-state index contributed by atoms with van der Waals surface area (Å²) in [6, 6.07) is 12.9. The first-order valence-corrected chi connectivity index (χ1v) is 10.5. The Labute approximate surface area is 176 Å². The molecule has 7 heteroatoms. The van der Waals surface area contributed by atoms with Crippen molar-refractivity contribution in [3.8, 4) is 17.4 Å². The van der Waals surface area contributed by atoms with Gasteiger partial charge in [-0.05, 0) is 62.6 Å². The lowest BCUT2D eigenvalue weighted by Gasteiger charge is -2.10. The van der Waals surface area contributed by atoms with Crippen molar-refractivity contribution in [2.45, 2.75) is 52.4 Å². The molecular weight excluding hydrogens is 378 g/mol. The molecule has 1 aliphatic carbocycles. The Morgan fingerprint density at radius 3 is 2.50 bits per heavy atom. The molecule has 0 radical (unpaired) electrons. The minimum absolute atomic E-state index is 0.0705. The van der Waals surface area contributed by atoms with Gasteiger partial charge >= 0.3 is 0 Å². The van der Waals surface area contributed by atoms with Crippen LogP contribution in [0.3, 0.4) is 0 Å². The molecule has 30 heavy (non-hydrogen) atoms. The van der Waals surface area contributed by atoms with Crippen LogP contribution in [0.15, 0.2) is 42.5 Å². The molecule has 1 aliphatic rings. The topological polar surface area (TPSA) is 81.9 Å². The van der Waals surface area contributed by atoms with E-state index in [0.717, 1.165) is 29.4 Å². The van der Waals surface area contributed by atoms with Crippen molar-refractivity contribution in [1.82, 2.24) is 20.0 Å². The third-order valence-corrected chi connectivity index (χ3v) is 5.47. The summed E-state index contributed by atoms with van der Waals surface area (Å²) >= 11 is 0. The second kappa shape index (κ2) is 9.07. The van der Waals surface area contributed by atoms with E-state index in [1.54, 1.807) is 10.7 Å². The zero-order valence-electron chi connectivity index (χ0n) is 17.5. The molecule has 156 valence electrons. The summed E-state index contributed by atoms with van der Waals surface area (Å²) in [5, 5.41) is 15.7. The first-order valence-electron chi connectivity index (χ1n) is 10.5. The summed E-state index contributed by atoms with van der Waals surface area (Å²) in [6.45, 7) is 3.91. The van der Waals surface area contributed by atoms with Crippen molar-refractivity contribution >= 4 is 11.6 Å². The molecule has 3 aromatic rings. The number of anilines is 1. The maximum Gasteiger partial charge on any atom is 0.238 e. The lowest BCUT2D eigenvalue weighted by Crippen LogP contribution is -2.12. The van der Waals surface area contributed by atoms with Crippen molar-refractivity contribution in [2.75, 3.05) is 5.32 Å². The minimum atomic E-state index is 0.0705. The third kappa shape index (κ3) is 5.03. The van der Waals surface area contributed by atoms with Gasteiger partial charge in [0.05, 0.1) is 5.69 Å². The number of carbonyl (C=O) groups excluding carboxylic acids is 1. The molecule has 1 saturated carbocycles. The Balaban J connectivity index is 1.30. The highest BCUT2D eigenvalue weighted by Gasteiger charge is 2.16.